The number of ketones is 1. The normalized spacial score (nSPS) is 14.0. The number of ether oxygens (including phenoxy) is 1. The third-order valence-corrected chi connectivity index (χ3v) is 4.24. The molecule has 0 N–H and O–H groups in total. The minimum absolute atomic E-state index is 0.0954. The highest BCUT2D eigenvalue weighted by molar-refractivity contribution is 6.37. The van der Waals surface area contributed by atoms with Gasteiger partial charge in [-0.2, -0.15) is 0 Å². The minimum Gasteiger partial charge on any atom is -0.370 e. The summed E-state index contributed by atoms with van der Waals surface area (Å²) in [5.74, 6) is 0.419. The molecule has 0 fully saturated rings. The maximum Gasteiger partial charge on any atom is 0.192 e. The van der Waals surface area contributed by atoms with Crippen molar-refractivity contribution < 1.29 is 9.53 Å². The molecule has 1 aromatic carbocycles. The number of hydrogen-bond acceptors (Lipinski definition) is 2. The van der Waals surface area contributed by atoms with Crippen LogP contribution in [-0.2, 0) is 4.74 Å². The SMILES string of the molecule is CCCCC(CC)COC(C)C(=O)c1ccc(Cl)cc1Cl. The maximum atomic E-state index is 12.3. The Morgan fingerprint density at radius 2 is 2.00 bits per heavy atom. The van der Waals surface area contributed by atoms with Crippen molar-refractivity contribution in [2.45, 2.75) is 52.6 Å². The molecule has 1 rings (SSSR count). The number of hydrogen-bond donors (Lipinski definition) is 0. The first kappa shape index (κ1) is 18.5. The van der Waals surface area contributed by atoms with Gasteiger partial charge in [0.2, 0.25) is 0 Å². The van der Waals surface area contributed by atoms with E-state index in [1.54, 1.807) is 25.1 Å². The third kappa shape index (κ3) is 5.98. The van der Waals surface area contributed by atoms with E-state index in [4.69, 9.17) is 27.9 Å². The number of rotatable bonds is 9. The average molecular weight is 331 g/mol. The summed E-state index contributed by atoms with van der Waals surface area (Å²) in [4.78, 5) is 12.3. The molecule has 0 aliphatic rings. The fraction of sp³-hybridized carbons (Fsp3) is 0.588. The fourth-order valence-electron chi connectivity index (χ4n) is 2.16. The summed E-state index contributed by atoms with van der Waals surface area (Å²) in [6.45, 7) is 6.74. The molecule has 0 aliphatic carbocycles. The Morgan fingerprint density at radius 1 is 1.29 bits per heavy atom. The molecule has 0 amide bonds. The summed E-state index contributed by atoms with van der Waals surface area (Å²) in [6.07, 6.45) is 4.12. The second kappa shape index (κ2) is 9.45. The first-order chi connectivity index (χ1) is 9.99. The summed E-state index contributed by atoms with van der Waals surface area (Å²) in [5, 5.41) is 0.900. The number of Topliss-reactive ketones (excluding diaryl/α,β-unsaturated/α-hetero) is 1. The van der Waals surface area contributed by atoms with Gasteiger partial charge in [0, 0.05) is 10.6 Å². The smallest absolute Gasteiger partial charge is 0.192 e. The molecule has 0 saturated heterocycles. The van der Waals surface area contributed by atoms with Crippen molar-refractivity contribution in [3.05, 3.63) is 33.8 Å². The van der Waals surface area contributed by atoms with Gasteiger partial charge in [0.25, 0.3) is 0 Å². The minimum atomic E-state index is -0.487. The van der Waals surface area contributed by atoms with Gasteiger partial charge in [0.15, 0.2) is 5.78 Å². The zero-order valence-corrected chi connectivity index (χ0v) is 14.5. The third-order valence-electron chi connectivity index (χ3n) is 3.69. The van der Waals surface area contributed by atoms with Gasteiger partial charge >= 0.3 is 0 Å². The van der Waals surface area contributed by atoms with Crippen molar-refractivity contribution in [1.29, 1.82) is 0 Å². The van der Waals surface area contributed by atoms with E-state index >= 15 is 0 Å². The lowest BCUT2D eigenvalue weighted by Crippen LogP contribution is -2.24. The van der Waals surface area contributed by atoms with Crippen LogP contribution in [0.1, 0.15) is 56.8 Å². The van der Waals surface area contributed by atoms with Crippen LogP contribution in [0.25, 0.3) is 0 Å². The topological polar surface area (TPSA) is 26.3 Å². The van der Waals surface area contributed by atoms with Gasteiger partial charge in [-0.05, 0) is 37.5 Å². The predicted molar refractivity (Wildman–Crippen MR) is 89.5 cm³/mol. The Labute approximate surface area is 137 Å². The van der Waals surface area contributed by atoms with Crippen LogP contribution in [0, 0.1) is 5.92 Å². The van der Waals surface area contributed by atoms with Crippen molar-refractivity contribution >= 4 is 29.0 Å². The molecular weight excluding hydrogens is 307 g/mol. The first-order valence-electron chi connectivity index (χ1n) is 7.60. The van der Waals surface area contributed by atoms with E-state index in [0.717, 1.165) is 12.8 Å². The maximum absolute atomic E-state index is 12.3. The Morgan fingerprint density at radius 3 is 2.57 bits per heavy atom. The van der Waals surface area contributed by atoms with Crippen LogP contribution in [0.5, 0.6) is 0 Å². The number of carbonyl (C=O) groups excluding carboxylic acids is 1. The molecule has 2 nitrogen and oxygen atoms in total. The van der Waals surface area contributed by atoms with Crippen LogP contribution in [-0.4, -0.2) is 18.5 Å². The van der Waals surface area contributed by atoms with Gasteiger partial charge in [-0.15, -0.1) is 0 Å². The summed E-state index contributed by atoms with van der Waals surface area (Å²) < 4.78 is 5.75. The van der Waals surface area contributed by atoms with Crippen LogP contribution in [0.3, 0.4) is 0 Å². The Kier molecular flexibility index (Phi) is 8.31. The monoisotopic (exact) mass is 330 g/mol. The molecule has 0 bridgehead atoms. The summed E-state index contributed by atoms with van der Waals surface area (Å²) in [7, 11) is 0. The standard InChI is InChI=1S/C17H24Cl2O2/c1-4-6-7-13(5-2)11-21-12(3)17(20)15-9-8-14(18)10-16(15)19/h8-10,12-13H,4-7,11H2,1-3H3. The van der Waals surface area contributed by atoms with Crippen LogP contribution >= 0.6 is 23.2 Å². The molecule has 4 heteroatoms. The molecule has 0 aliphatic heterocycles. The van der Waals surface area contributed by atoms with Crippen LogP contribution in [0.4, 0.5) is 0 Å². The van der Waals surface area contributed by atoms with Gasteiger partial charge in [-0.1, -0.05) is 56.3 Å². The van der Waals surface area contributed by atoms with Crippen LogP contribution < -0.4 is 0 Å². The lowest BCUT2D eigenvalue weighted by molar-refractivity contribution is 0.0321. The summed E-state index contributed by atoms with van der Waals surface area (Å²) in [6, 6.07) is 4.91. The van der Waals surface area contributed by atoms with Gasteiger partial charge < -0.3 is 4.74 Å². The fourth-order valence-corrected chi connectivity index (χ4v) is 2.66. The Balaban J connectivity index is 2.58. The van der Waals surface area contributed by atoms with Gasteiger partial charge in [0.1, 0.15) is 6.10 Å². The number of halogens is 2. The Bertz CT molecular complexity index is 460. The van der Waals surface area contributed by atoms with E-state index in [-0.39, 0.29) is 5.78 Å². The largest absolute Gasteiger partial charge is 0.370 e. The predicted octanol–water partition coefficient (Wildman–Crippen LogP) is 5.80. The van der Waals surface area contributed by atoms with Crippen molar-refractivity contribution in [3.63, 3.8) is 0 Å². The van der Waals surface area contributed by atoms with Crippen molar-refractivity contribution in [2.75, 3.05) is 6.61 Å². The molecule has 0 spiro atoms. The van der Waals surface area contributed by atoms with E-state index in [2.05, 4.69) is 13.8 Å². The van der Waals surface area contributed by atoms with E-state index in [1.807, 2.05) is 0 Å². The van der Waals surface area contributed by atoms with E-state index in [9.17, 15) is 4.79 Å². The number of benzene rings is 1. The second-order valence-electron chi connectivity index (χ2n) is 5.38. The average Bonchev–Trinajstić information content (AvgIpc) is 2.46. The van der Waals surface area contributed by atoms with Crippen LogP contribution in [0.15, 0.2) is 18.2 Å². The summed E-state index contributed by atoms with van der Waals surface area (Å²) >= 11 is 11.9. The highest BCUT2D eigenvalue weighted by atomic mass is 35.5. The van der Waals surface area contributed by atoms with Crippen LogP contribution in [0.2, 0.25) is 10.0 Å². The molecule has 1 aromatic rings. The quantitative estimate of drug-likeness (QED) is 0.535. The molecule has 0 saturated carbocycles. The molecule has 21 heavy (non-hydrogen) atoms. The molecular formula is C17H24Cl2O2. The van der Waals surface area contributed by atoms with Gasteiger partial charge in [-0.25, -0.2) is 0 Å². The zero-order valence-electron chi connectivity index (χ0n) is 13.0. The van der Waals surface area contributed by atoms with Crippen molar-refractivity contribution in [1.82, 2.24) is 0 Å². The lowest BCUT2D eigenvalue weighted by Gasteiger charge is -2.18. The molecule has 0 aromatic heterocycles. The number of unbranched alkanes of at least 4 members (excludes halogenated alkanes) is 1. The van der Waals surface area contributed by atoms with Crippen molar-refractivity contribution in [3.8, 4) is 0 Å². The van der Waals surface area contributed by atoms with Gasteiger partial charge in [-0.3, -0.25) is 4.79 Å². The Hall–Kier alpha value is -0.570. The highest BCUT2D eigenvalue weighted by Gasteiger charge is 2.20. The number of carbonyl (C=O) groups is 1. The highest BCUT2D eigenvalue weighted by Crippen LogP contribution is 2.23. The van der Waals surface area contributed by atoms with Gasteiger partial charge in [0.05, 0.1) is 11.6 Å². The summed E-state index contributed by atoms with van der Waals surface area (Å²) in [5.41, 5.74) is 0.468. The molecule has 2 atom stereocenters. The zero-order chi connectivity index (χ0) is 15.8. The lowest BCUT2D eigenvalue weighted by atomic mass is 10.0. The van der Waals surface area contributed by atoms with E-state index in [0.29, 0.717) is 28.1 Å². The second-order valence-corrected chi connectivity index (χ2v) is 6.22. The molecule has 0 radical (unpaired) electrons. The molecule has 2 unspecified atom stereocenters. The van der Waals surface area contributed by atoms with Crippen molar-refractivity contribution in [2.24, 2.45) is 5.92 Å². The van der Waals surface area contributed by atoms with E-state index in [1.165, 1.54) is 12.8 Å². The molecule has 118 valence electrons. The van der Waals surface area contributed by atoms with E-state index < -0.39 is 6.10 Å². The molecule has 0 heterocycles. The first-order valence-corrected chi connectivity index (χ1v) is 8.36.